The Balaban J connectivity index is 2.34. The standard InChI is InChI=1S/C7H14NO/c1-6-4-8(3)5-7(2)9-6/h6-7H,3-5H2,1-2H3/q-1/t6-,7+. The van der Waals surface area contributed by atoms with E-state index in [1.807, 2.05) is 0 Å². The van der Waals surface area contributed by atoms with Gasteiger partial charge in [0.25, 0.3) is 0 Å². The number of hydrogen-bond donors (Lipinski definition) is 0. The highest BCUT2D eigenvalue weighted by atomic mass is 16.5. The molecule has 2 atom stereocenters. The summed E-state index contributed by atoms with van der Waals surface area (Å²) in [5.74, 6) is 0. The topological polar surface area (TPSA) is 12.5 Å². The lowest BCUT2D eigenvalue weighted by molar-refractivity contribution is -0.0550. The fourth-order valence-corrected chi connectivity index (χ4v) is 1.28. The average molecular weight is 128 g/mol. The largest absolute Gasteiger partial charge is 0.455 e. The number of nitrogens with zero attached hydrogens (tertiary/aromatic N) is 1. The van der Waals surface area contributed by atoms with Crippen LogP contribution in [0.4, 0.5) is 0 Å². The summed E-state index contributed by atoms with van der Waals surface area (Å²) in [7, 11) is 3.85. The fraction of sp³-hybridized carbons (Fsp3) is 0.857. The molecule has 0 aromatic heterocycles. The summed E-state index contributed by atoms with van der Waals surface area (Å²) in [5, 5.41) is 0. The zero-order valence-corrected chi connectivity index (χ0v) is 6.13. The Bertz CT molecular complexity index is 69.9. The summed E-state index contributed by atoms with van der Waals surface area (Å²) in [4.78, 5) is 2.05. The zero-order chi connectivity index (χ0) is 6.85. The highest BCUT2D eigenvalue weighted by Crippen LogP contribution is 2.08. The lowest BCUT2D eigenvalue weighted by Crippen LogP contribution is -2.41. The number of ether oxygens (including phenoxy) is 1. The van der Waals surface area contributed by atoms with Crippen molar-refractivity contribution in [3.8, 4) is 0 Å². The molecule has 0 aromatic carbocycles. The van der Waals surface area contributed by atoms with E-state index < -0.39 is 0 Å². The molecule has 1 aliphatic rings. The summed E-state index contributed by atoms with van der Waals surface area (Å²) in [6, 6.07) is 0. The van der Waals surface area contributed by atoms with Crippen LogP contribution in [0.5, 0.6) is 0 Å². The Morgan fingerprint density at radius 3 is 2.11 bits per heavy atom. The molecule has 0 N–H and O–H groups in total. The first-order chi connectivity index (χ1) is 4.18. The second-order valence-electron chi connectivity index (χ2n) is 2.79. The van der Waals surface area contributed by atoms with Gasteiger partial charge in [-0.15, -0.1) is 0 Å². The monoisotopic (exact) mass is 128 g/mol. The molecule has 0 unspecified atom stereocenters. The van der Waals surface area contributed by atoms with Gasteiger partial charge in [0.05, 0.1) is 12.2 Å². The maximum absolute atomic E-state index is 5.47. The third-order valence-electron chi connectivity index (χ3n) is 1.50. The predicted octanol–water partition coefficient (Wildman–Crippen LogP) is 0.887. The summed E-state index contributed by atoms with van der Waals surface area (Å²) in [6.45, 7) is 6.08. The van der Waals surface area contributed by atoms with Crippen LogP contribution >= 0.6 is 0 Å². The molecule has 0 saturated carbocycles. The normalized spacial score (nSPS) is 39.0. The van der Waals surface area contributed by atoms with Crippen LogP contribution in [0.2, 0.25) is 0 Å². The minimum Gasteiger partial charge on any atom is -0.455 e. The van der Waals surface area contributed by atoms with Crippen LogP contribution in [0.1, 0.15) is 13.8 Å². The Labute approximate surface area is 56.8 Å². The number of hydrogen-bond acceptors (Lipinski definition) is 2. The van der Waals surface area contributed by atoms with Crippen molar-refractivity contribution in [3.05, 3.63) is 7.05 Å². The van der Waals surface area contributed by atoms with E-state index in [4.69, 9.17) is 4.74 Å². The Hall–Kier alpha value is -0.0800. The van der Waals surface area contributed by atoms with Gasteiger partial charge in [-0.05, 0) is 26.9 Å². The van der Waals surface area contributed by atoms with Crippen molar-refractivity contribution in [2.75, 3.05) is 13.1 Å². The Morgan fingerprint density at radius 1 is 1.33 bits per heavy atom. The van der Waals surface area contributed by atoms with E-state index in [0.717, 1.165) is 13.1 Å². The van der Waals surface area contributed by atoms with E-state index in [0.29, 0.717) is 12.2 Å². The molecule has 0 spiro atoms. The van der Waals surface area contributed by atoms with Gasteiger partial charge in [0.15, 0.2) is 0 Å². The minimum absolute atomic E-state index is 0.353. The average Bonchev–Trinajstić information content (AvgIpc) is 1.59. The summed E-state index contributed by atoms with van der Waals surface area (Å²) in [6.07, 6.45) is 0.706. The van der Waals surface area contributed by atoms with Gasteiger partial charge in [-0.2, -0.15) is 0 Å². The van der Waals surface area contributed by atoms with Crippen LogP contribution in [0.15, 0.2) is 0 Å². The molecule has 0 radical (unpaired) electrons. The summed E-state index contributed by atoms with van der Waals surface area (Å²) >= 11 is 0. The van der Waals surface area contributed by atoms with Gasteiger partial charge < -0.3 is 9.64 Å². The molecule has 1 rings (SSSR count). The van der Waals surface area contributed by atoms with E-state index in [2.05, 4.69) is 25.8 Å². The van der Waals surface area contributed by atoms with Crippen molar-refractivity contribution in [1.29, 1.82) is 0 Å². The van der Waals surface area contributed by atoms with Crippen molar-refractivity contribution in [2.45, 2.75) is 26.1 Å². The van der Waals surface area contributed by atoms with Crippen LogP contribution in [0, 0.1) is 7.05 Å². The molecule has 54 valence electrons. The molecule has 1 aliphatic heterocycles. The summed E-state index contributed by atoms with van der Waals surface area (Å²) < 4.78 is 5.47. The molecule has 0 aromatic rings. The van der Waals surface area contributed by atoms with Crippen LogP contribution in [0.25, 0.3) is 0 Å². The van der Waals surface area contributed by atoms with E-state index >= 15 is 0 Å². The van der Waals surface area contributed by atoms with Crippen molar-refractivity contribution < 1.29 is 4.74 Å². The molecule has 0 amide bonds. The van der Waals surface area contributed by atoms with Crippen molar-refractivity contribution in [3.63, 3.8) is 0 Å². The first-order valence-corrected chi connectivity index (χ1v) is 3.39. The quantitative estimate of drug-likeness (QED) is 0.449. The highest BCUT2D eigenvalue weighted by molar-refractivity contribution is 4.71. The van der Waals surface area contributed by atoms with Gasteiger partial charge in [0, 0.05) is 0 Å². The predicted molar refractivity (Wildman–Crippen MR) is 36.9 cm³/mol. The molecular formula is C7H14NO-. The first-order valence-electron chi connectivity index (χ1n) is 3.39. The highest BCUT2D eigenvalue weighted by Gasteiger charge is 2.14. The fourth-order valence-electron chi connectivity index (χ4n) is 1.28. The molecule has 0 bridgehead atoms. The van der Waals surface area contributed by atoms with Gasteiger partial charge in [-0.1, -0.05) is 0 Å². The van der Waals surface area contributed by atoms with Crippen LogP contribution in [0.3, 0.4) is 0 Å². The molecule has 1 heterocycles. The Morgan fingerprint density at radius 2 is 1.78 bits per heavy atom. The lowest BCUT2D eigenvalue weighted by Gasteiger charge is -2.37. The smallest absolute Gasteiger partial charge is 0.0654 e. The molecule has 2 heteroatoms. The van der Waals surface area contributed by atoms with Crippen LogP contribution in [-0.2, 0) is 4.74 Å². The van der Waals surface area contributed by atoms with Crippen molar-refractivity contribution in [2.24, 2.45) is 0 Å². The molecule has 2 nitrogen and oxygen atoms in total. The third-order valence-corrected chi connectivity index (χ3v) is 1.50. The molecular weight excluding hydrogens is 114 g/mol. The van der Waals surface area contributed by atoms with Crippen molar-refractivity contribution >= 4 is 0 Å². The first kappa shape index (κ1) is 7.03. The van der Waals surface area contributed by atoms with Gasteiger partial charge in [-0.25, -0.2) is 0 Å². The van der Waals surface area contributed by atoms with Gasteiger partial charge in [-0.3, -0.25) is 7.05 Å². The Kier molecular flexibility index (Phi) is 2.09. The van der Waals surface area contributed by atoms with E-state index in [9.17, 15) is 0 Å². The molecule has 1 saturated heterocycles. The second-order valence-corrected chi connectivity index (χ2v) is 2.79. The van der Waals surface area contributed by atoms with Crippen molar-refractivity contribution in [1.82, 2.24) is 4.90 Å². The lowest BCUT2D eigenvalue weighted by atomic mass is 10.2. The second kappa shape index (κ2) is 2.67. The number of rotatable bonds is 0. The maximum atomic E-state index is 5.47. The molecule has 1 fully saturated rings. The van der Waals surface area contributed by atoms with E-state index in [1.54, 1.807) is 0 Å². The molecule has 0 aliphatic carbocycles. The van der Waals surface area contributed by atoms with Gasteiger partial charge in [0.2, 0.25) is 0 Å². The van der Waals surface area contributed by atoms with E-state index in [1.165, 1.54) is 0 Å². The van der Waals surface area contributed by atoms with Crippen LogP contribution in [-0.4, -0.2) is 30.2 Å². The third kappa shape index (κ3) is 1.95. The van der Waals surface area contributed by atoms with Gasteiger partial charge in [0.1, 0.15) is 0 Å². The number of morpholine rings is 1. The SMILES string of the molecule is [CH2-]N1C[C@@H](C)O[C@@H](C)C1. The minimum atomic E-state index is 0.353. The van der Waals surface area contributed by atoms with Crippen LogP contribution < -0.4 is 0 Å². The zero-order valence-electron chi connectivity index (χ0n) is 6.13. The maximum Gasteiger partial charge on any atom is 0.0654 e. The van der Waals surface area contributed by atoms with Gasteiger partial charge >= 0.3 is 0 Å². The van der Waals surface area contributed by atoms with E-state index in [-0.39, 0.29) is 0 Å². The summed E-state index contributed by atoms with van der Waals surface area (Å²) in [5.41, 5.74) is 0. The molecule has 9 heavy (non-hydrogen) atoms.